The largest absolute Gasteiger partial charge is 0.487 e. The van der Waals surface area contributed by atoms with Crippen molar-refractivity contribution >= 4 is 27.8 Å². The van der Waals surface area contributed by atoms with Gasteiger partial charge in [-0.1, -0.05) is 34.1 Å². The minimum Gasteiger partial charge on any atom is -0.487 e. The molecule has 2 aliphatic heterocycles. The highest BCUT2D eigenvalue weighted by Gasteiger charge is 2.36. The number of hydrogen-bond donors (Lipinski definition) is 0. The van der Waals surface area contributed by atoms with Gasteiger partial charge in [0.05, 0.1) is 5.56 Å². The summed E-state index contributed by atoms with van der Waals surface area (Å²) in [6.07, 6.45) is 7.11. The number of halogens is 1. The van der Waals surface area contributed by atoms with Crippen molar-refractivity contribution in [3.63, 3.8) is 0 Å². The van der Waals surface area contributed by atoms with Gasteiger partial charge in [0.1, 0.15) is 22.7 Å². The molecule has 0 atom stereocenters. The predicted octanol–water partition coefficient (Wildman–Crippen LogP) is 6.55. The topological polar surface area (TPSA) is 35.5 Å². The van der Waals surface area contributed by atoms with E-state index in [4.69, 9.17) is 9.47 Å². The van der Waals surface area contributed by atoms with E-state index in [0.29, 0.717) is 11.3 Å². The third-order valence-corrected chi connectivity index (χ3v) is 6.22. The molecule has 0 unspecified atom stereocenters. The summed E-state index contributed by atoms with van der Waals surface area (Å²) in [5, 5.41) is 0. The zero-order valence-corrected chi connectivity index (χ0v) is 19.1. The lowest BCUT2D eigenvalue weighted by Gasteiger charge is -2.39. The summed E-state index contributed by atoms with van der Waals surface area (Å²) in [5.74, 6) is 1.60. The fourth-order valence-electron chi connectivity index (χ4n) is 3.96. The number of rotatable bonds is 3. The highest BCUT2D eigenvalue weighted by molar-refractivity contribution is 9.10. The summed E-state index contributed by atoms with van der Waals surface area (Å²) in [4.78, 5) is 13.2. The fourth-order valence-corrected chi connectivity index (χ4v) is 4.22. The SMILES string of the molecule is CC1(C)CCc2cc(C(=O)/C=C/c3ccc(Br)cc3)c3c(c2O1)CCC(C)(C)O3. The van der Waals surface area contributed by atoms with Crippen LogP contribution in [-0.4, -0.2) is 17.0 Å². The molecular weight excluding hydrogens is 428 g/mol. The van der Waals surface area contributed by atoms with Crippen LogP contribution >= 0.6 is 15.9 Å². The maximum atomic E-state index is 13.2. The maximum Gasteiger partial charge on any atom is 0.189 e. The van der Waals surface area contributed by atoms with Crippen molar-refractivity contribution < 1.29 is 14.3 Å². The van der Waals surface area contributed by atoms with E-state index in [1.54, 1.807) is 6.08 Å². The first-order chi connectivity index (χ1) is 13.6. The Morgan fingerprint density at radius 1 is 0.966 bits per heavy atom. The van der Waals surface area contributed by atoms with Crippen LogP contribution < -0.4 is 9.47 Å². The Morgan fingerprint density at radius 2 is 1.59 bits per heavy atom. The first-order valence-electron chi connectivity index (χ1n) is 10.2. The van der Waals surface area contributed by atoms with Crippen molar-refractivity contribution in [2.24, 2.45) is 0 Å². The van der Waals surface area contributed by atoms with Gasteiger partial charge in [0.15, 0.2) is 5.78 Å². The summed E-state index contributed by atoms with van der Waals surface area (Å²) in [5.41, 5.74) is 3.31. The van der Waals surface area contributed by atoms with Crippen molar-refractivity contribution in [2.45, 2.75) is 64.6 Å². The molecule has 0 aromatic heterocycles. The maximum absolute atomic E-state index is 13.2. The Hall–Kier alpha value is -2.07. The Balaban J connectivity index is 1.75. The minimum atomic E-state index is -0.296. The first kappa shape index (κ1) is 20.2. The second-order valence-corrected chi connectivity index (χ2v) is 10.1. The second-order valence-electron chi connectivity index (χ2n) is 9.19. The number of carbonyl (C=O) groups excluding carboxylic acids is 1. The molecule has 4 heteroatoms. The highest BCUT2D eigenvalue weighted by Crippen LogP contribution is 2.47. The molecule has 4 rings (SSSR count). The molecule has 0 bridgehead atoms. The summed E-state index contributed by atoms with van der Waals surface area (Å²) >= 11 is 3.44. The lowest BCUT2D eigenvalue weighted by molar-refractivity contribution is 0.0655. The standard InChI is InChI=1S/C25H27BrO3/c1-24(2)13-11-17-15-20(21(27)10-7-16-5-8-18(26)9-6-16)23-19(22(17)28-24)12-14-25(3,4)29-23/h5-10,15H,11-14H2,1-4H3/b10-7+. The van der Waals surface area contributed by atoms with Crippen molar-refractivity contribution in [2.75, 3.05) is 0 Å². The second kappa shape index (κ2) is 7.32. The zero-order valence-electron chi connectivity index (χ0n) is 17.5. The quantitative estimate of drug-likeness (QED) is 0.389. The molecule has 0 spiro atoms. The number of fused-ring (bicyclic) bond motifs is 3. The van der Waals surface area contributed by atoms with Crippen LogP contribution in [0.1, 0.15) is 67.6 Å². The Bertz CT molecular complexity index is 984. The van der Waals surface area contributed by atoms with Gasteiger partial charge in [-0.15, -0.1) is 0 Å². The first-order valence-corrected chi connectivity index (χ1v) is 11.0. The number of benzene rings is 2. The van der Waals surface area contributed by atoms with E-state index in [-0.39, 0.29) is 17.0 Å². The number of allylic oxidation sites excluding steroid dienone is 1. The molecule has 0 amide bonds. The summed E-state index contributed by atoms with van der Waals surface area (Å²) < 4.78 is 13.7. The lowest BCUT2D eigenvalue weighted by atomic mass is 9.85. The molecule has 152 valence electrons. The van der Waals surface area contributed by atoms with E-state index in [9.17, 15) is 4.79 Å². The van der Waals surface area contributed by atoms with Crippen LogP contribution in [0.3, 0.4) is 0 Å². The normalized spacial score (nSPS) is 19.1. The Labute approximate surface area is 181 Å². The molecule has 0 saturated heterocycles. The van der Waals surface area contributed by atoms with Crippen LogP contribution in [0.5, 0.6) is 11.5 Å². The van der Waals surface area contributed by atoms with Crippen LogP contribution in [-0.2, 0) is 12.8 Å². The molecule has 2 aromatic rings. The van der Waals surface area contributed by atoms with E-state index in [1.165, 1.54) is 0 Å². The third kappa shape index (κ3) is 4.28. The number of carbonyl (C=O) groups is 1. The van der Waals surface area contributed by atoms with Crippen LogP contribution in [0.15, 0.2) is 40.9 Å². The van der Waals surface area contributed by atoms with Crippen LogP contribution in [0.2, 0.25) is 0 Å². The molecule has 0 aliphatic carbocycles. The number of hydrogen-bond acceptors (Lipinski definition) is 3. The predicted molar refractivity (Wildman–Crippen MR) is 120 cm³/mol. The van der Waals surface area contributed by atoms with Crippen molar-refractivity contribution in [3.05, 3.63) is 63.1 Å². The molecule has 0 radical (unpaired) electrons. The van der Waals surface area contributed by atoms with Gasteiger partial charge in [0, 0.05) is 10.0 Å². The van der Waals surface area contributed by atoms with Gasteiger partial charge in [-0.05, 0) is 88.8 Å². The average molecular weight is 455 g/mol. The molecule has 2 heterocycles. The molecule has 29 heavy (non-hydrogen) atoms. The summed E-state index contributed by atoms with van der Waals surface area (Å²) in [7, 11) is 0. The number of aryl methyl sites for hydroxylation is 1. The monoisotopic (exact) mass is 454 g/mol. The van der Waals surface area contributed by atoms with Crippen LogP contribution in [0, 0.1) is 0 Å². The molecule has 3 nitrogen and oxygen atoms in total. The van der Waals surface area contributed by atoms with Crippen LogP contribution in [0.4, 0.5) is 0 Å². The van der Waals surface area contributed by atoms with E-state index >= 15 is 0 Å². The number of ketones is 1. The van der Waals surface area contributed by atoms with Gasteiger partial charge in [0.2, 0.25) is 0 Å². The van der Waals surface area contributed by atoms with Gasteiger partial charge in [0.25, 0.3) is 0 Å². The van der Waals surface area contributed by atoms with Gasteiger partial charge >= 0.3 is 0 Å². The lowest BCUT2D eigenvalue weighted by Crippen LogP contribution is -2.37. The van der Waals surface area contributed by atoms with Crippen molar-refractivity contribution in [1.29, 1.82) is 0 Å². The highest BCUT2D eigenvalue weighted by atomic mass is 79.9. The molecular formula is C25H27BrO3. The van der Waals surface area contributed by atoms with Crippen molar-refractivity contribution in [3.8, 4) is 11.5 Å². The van der Waals surface area contributed by atoms with E-state index < -0.39 is 0 Å². The third-order valence-electron chi connectivity index (χ3n) is 5.70. The van der Waals surface area contributed by atoms with Crippen molar-refractivity contribution in [1.82, 2.24) is 0 Å². The fraction of sp³-hybridized carbons (Fsp3) is 0.400. The smallest absolute Gasteiger partial charge is 0.189 e. The van der Waals surface area contributed by atoms with Gasteiger partial charge in [-0.2, -0.15) is 0 Å². The summed E-state index contributed by atoms with van der Waals surface area (Å²) in [6, 6.07) is 9.88. The number of ether oxygens (including phenoxy) is 2. The zero-order chi connectivity index (χ0) is 20.8. The van der Waals surface area contributed by atoms with Gasteiger partial charge < -0.3 is 9.47 Å². The Kier molecular flexibility index (Phi) is 5.10. The van der Waals surface area contributed by atoms with Crippen LogP contribution in [0.25, 0.3) is 6.08 Å². The Morgan fingerprint density at radius 3 is 2.28 bits per heavy atom. The average Bonchev–Trinajstić information content (AvgIpc) is 2.65. The van der Waals surface area contributed by atoms with Gasteiger partial charge in [-0.25, -0.2) is 0 Å². The molecule has 0 N–H and O–H groups in total. The molecule has 2 aliphatic rings. The molecule has 2 aromatic carbocycles. The molecule has 0 fully saturated rings. The minimum absolute atomic E-state index is 0.0329. The summed E-state index contributed by atoms with van der Waals surface area (Å²) in [6.45, 7) is 8.39. The van der Waals surface area contributed by atoms with E-state index in [1.807, 2.05) is 36.4 Å². The molecule has 0 saturated carbocycles. The van der Waals surface area contributed by atoms with E-state index in [2.05, 4.69) is 43.6 Å². The van der Waals surface area contributed by atoms with Gasteiger partial charge in [-0.3, -0.25) is 4.79 Å². The van der Waals surface area contributed by atoms with E-state index in [0.717, 1.165) is 52.6 Å².